The van der Waals surface area contributed by atoms with E-state index in [-0.39, 0.29) is 5.91 Å². The molecule has 0 spiro atoms. The van der Waals surface area contributed by atoms with Gasteiger partial charge in [-0.3, -0.25) is 4.79 Å². The minimum Gasteiger partial charge on any atom is -0.496 e. The summed E-state index contributed by atoms with van der Waals surface area (Å²) in [6.07, 6.45) is -0.634. The van der Waals surface area contributed by atoms with E-state index < -0.39 is 6.10 Å². The maximum atomic E-state index is 11.0. The number of ether oxygens (including phenoxy) is 1. The number of amides is 1. The van der Waals surface area contributed by atoms with E-state index in [1.54, 1.807) is 7.11 Å². The van der Waals surface area contributed by atoms with E-state index >= 15 is 0 Å². The molecule has 0 aromatic heterocycles. The molecule has 0 saturated heterocycles. The van der Waals surface area contributed by atoms with Crippen LogP contribution in [0.4, 0.5) is 5.69 Å². The van der Waals surface area contributed by atoms with Gasteiger partial charge in [0.2, 0.25) is 5.91 Å². The molecular weight excluding hydrogens is 292 g/mol. The Balaban J connectivity index is 1.85. The molecular formula is C18H22N2O3. The first-order valence-corrected chi connectivity index (χ1v) is 7.48. The van der Waals surface area contributed by atoms with Crippen molar-refractivity contribution in [3.05, 3.63) is 59.7 Å². The summed E-state index contributed by atoms with van der Waals surface area (Å²) in [5.74, 6) is 0.595. The number of aliphatic hydroxyl groups is 1. The first-order chi connectivity index (χ1) is 11.1. The Bertz CT molecular complexity index is 641. The molecule has 0 radical (unpaired) electrons. The van der Waals surface area contributed by atoms with E-state index in [9.17, 15) is 9.90 Å². The molecule has 0 unspecified atom stereocenters. The van der Waals surface area contributed by atoms with E-state index in [1.807, 2.05) is 48.5 Å². The molecule has 0 aliphatic carbocycles. The van der Waals surface area contributed by atoms with Gasteiger partial charge in [0.15, 0.2) is 0 Å². The largest absolute Gasteiger partial charge is 0.496 e. The summed E-state index contributed by atoms with van der Waals surface area (Å²) in [6.45, 7) is 2.54. The van der Waals surface area contributed by atoms with Crippen LogP contribution in [-0.4, -0.2) is 24.7 Å². The lowest BCUT2D eigenvalue weighted by atomic mass is 10.1. The van der Waals surface area contributed by atoms with E-state index in [2.05, 4.69) is 10.6 Å². The molecule has 0 fully saturated rings. The van der Waals surface area contributed by atoms with Crippen LogP contribution in [0.15, 0.2) is 48.5 Å². The van der Waals surface area contributed by atoms with Gasteiger partial charge in [-0.05, 0) is 23.8 Å². The number of carbonyl (C=O) groups is 1. The van der Waals surface area contributed by atoms with Gasteiger partial charge in [0, 0.05) is 31.3 Å². The first-order valence-electron chi connectivity index (χ1n) is 7.48. The van der Waals surface area contributed by atoms with Crippen molar-refractivity contribution in [1.82, 2.24) is 5.32 Å². The molecule has 0 aliphatic heterocycles. The molecule has 0 bridgehead atoms. The Hall–Kier alpha value is -2.37. The van der Waals surface area contributed by atoms with Crippen molar-refractivity contribution in [2.24, 2.45) is 0 Å². The van der Waals surface area contributed by atoms with E-state index in [0.717, 1.165) is 16.8 Å². The predicted molar refractivity (Wildman–Crippen MR) is 90.4 cm³/mol. The van der Waals surface area contributed by atoms with Gasteiger partial charge in [0.05, 0.1) is 13.2 Å². The van der Waals surface area contributed by atoms with E-state index in [0.29, 0.717) is 18.8 Å². The number of anilines is 1. The van der Waals surface area contributed by atoms with Crippen LogP contribution in [0.3, 0.4) is 0 Å². The third-order valence-electron chi connectivity index (χ3n) is 3.44. The number of hydrogen-bond donors (Lipinski definition) is 3. The van der Waals surface area contributed by atoms with Crippen LogP contribution in [-0.2, 0) is 11.3 Å². The van der Waals surface area contributed by atoms with Crippen LogP contribution in [0.25, 0.3) is 0 Å². The van der Waals surface area contributed by atoms with Crippen molar-refractivity contribution < 1.29 is 14.6 Å². The Morgan fingerprint density at radius 2 is 1.87 bits per heavy atom. The molecule has 1 atom stereocenters. The molecule has 1 amide bonds. The Morgan fingerprint density at radius 1 is 1.17 bits per heavy atom. The Morgan fingerprint density at radius 3 is 2.52 bits per heavy atom. The fourth-order valence-electron chi connectivity index (χ4n) is 2.31. The molecule has 0 aliphatic rings. The lowest BCUT2D eigenvalue weighted by molar-refractivity contribution is -0.114. The number of rotatable bonds is 7. The van der Waals surface area contributed by atoms with Crippen molar-refractivity contribution in [2.45, 2.75) is 19.6 Å². The summed E-state index contributed by atoms with van der Waals surface area (Å²) < 4.78 is 5.25. The van der Waals surface area contributed by atoms with Gasteiger partial charge in [-0.2, -0.15) is 0 Å². The van der Waals surface area contributed by atoms with Gasteiger partial charge in [-0.1, -0.05) is 30.3 Å². The Kier molecular flexibility index (Phi) is 6.14. The standard InChI is InChI=1S/C18H22N2O3/c1-13(21)20-15-9-7-14(8-10-15)11-19-12-17(22)16-5-3-4-6-18(16)23-2/h3-10,17,19,22H,11-12H2,1-2H3,(H,20,21)/t17-/m1/s1. The molecule has 23 heavy (non-hydrogen) atoms. The third kappa shape index (κ3) is 5.09. The number of benzene rings is 2. The molecule has 3 N–H and O–H groups in total. The molecule has 0 heterocycles. The fourth-order valence-corrected chi connectivity index (χ4v) is 2.31. The van der Waals surface area contributed by atoms with Crippen LogP contribution < -0.4 is 15.4 Å². The highest BCUT2D eigenvalue weighted by atomic mass is 16.5. The van der Waals surface area contributed by atoms with Gasteiger partial charge in [-0.15, -0.1) is 0 Å². The minimum absolute atomic E-state index is 0.0872. The monoisotopic (exact) mass is 314 g/mol. The van der Waals surface area contributed by atoms with Crippen molar-refractivity contribution >= 4 is 11.6 Å². The summed E-state index contributed by atoms with van der Waals surface area (Å²) in [5.41, 5.74) is 2.62. The normalized spacial score (nSPS) is 11.8. The van der Waals surface area contributed by atoms with Crippen LogP contribution >= 0.6 is 0 Å². The molecule has 0 saturated carbocycles. The number of hydrogen-bond acceptors (Lipinski definition) is 4. The highest BCUT2D eigenvalue weighted by Gasteiger charge is 2.11. The summed E-state index contributed by atoms with van der Waals surface area (Å²) in [7, 11) is 1.59. The lowest BCUT2D eigenvalue weighted by Crippen LogP contribution is -2.21. The molecule has 5 heteroatoms. The van der Waals surface area contributed by atoms with Crippen LogP contribution in [0.1, 0.15) is 24.2 Å². The topological polar surface area (TPSA) is 70.6 Å². The second kappa shape index (κ2) is 8.31. The Labute approximate surface area is 136 Å². The van der Waals surface area contributed by atoms with Gasteiger partial charge in [0.1, 0.15) is 5.75 Å². The fraction of sp³-hybridized carbons (Fsp3) is 0.278. The van der Waals surface area contributed by atoms with E-state index in [4.69, 9.17) is 4.74 Å². The van der Waals surface area contributed by atoms with Gasteiger partial charge >= 0.3 is 0 Å². The third-order valence-corrected chi connectivity index (χ3v) is 3.44. The highest BCUT2D eigenvalue weighted by Crippen LogP contribution is 2.24. The van der Waals surface area contributed by atoms with Gasteiger partial charge < -0.3 is 20.5 Å². The van der Waals surface area contributed by atoms with Crippen LogP contribution in [0.5, 0.6) is 5.75 Å². The predicted octanol–water partition coefficient (Wildman–Crippen LogP) is 2.48. The average Bonchev–Trinajstić information content (AvgIpc) is 2.55. The first kappa shape index (κ1) is 17.0. The van der Waals surface area contributed by atoms with Gasteiger partial charge in [-0.25, -0.2) is 0 Å². The zero-order chi connectivity index (χ0) is 16.7. The molecule has 2 aromatic carbocycles. The molecule has 122 valence electrons. The summed E-state index contributed by atoms with van der Waals surface area (Å²) >= 11 is 0. The molecule has 2 rings (SSSR count). The quantitative estimate of drug-likeness (QED) is 0.734. The van der Waals surface area contributed by atoms with Crippen molar-refractivity contribution in [2.75, 3.05) is 19.0 Å². The van der Waals surface area contributed by atoms with Crippen molar-refractivity contribution in [1.29, 1.82) is 0 Å². The maximum Gasteiger partial charge on any atom is 0.221 e. The summed E-state index contributed by atoms with van der Waals surface area (Å²) in [5, 5.41) is 16.2. The zero-order valence-electron chi connectivity index (χ0n) is 13.4. The van der Waals surface area contributed by atoms with Crippen LogP contribution in [0.2, 0.25) is 0 Å². The smallest absolute Gasteiger partial charge is 0.221 e. The second-order valence-electron chi connectivity index (χ2n) is 5.27. The van der Waals surface area contributed by atoms with Crippen molar-refractivity contribution in [3.8, 4) is 5.75 Å². The average molecular weight is 314 g/mol. The maximum absolute atomic E-state index is 11.0. The zero-order valence-corrected chi connectivity index (χ0v) is 13.4. The highest BCUT2D eigenvalue weighted by molar-refractivity contribution is 5.88. The van der Waals surface area contributed by atoms with Gasteiger partial charge in [0.25, 0.3) is 0 Å². The number of methoxy groups -OCH3 is 1. The SMILES string of the molecule is COc1ccccc1[C@H](O)CNCc1ccc(NC(C)=O)cc1. The van der Waals surface area contributed by atoms with E-state index in [1.165, 1.54) is 6.92 Å². The molecule has 2 aromatic rings. The molecule has 5 nitrogen and oxygen atoms in total. The van der Waals surface area contributed by atoms with Crippen molar-refractivity contribution in [3.63, 3.8) is 0 Å². The lowest BCUT2D eigenvalue weighted by Gasteiger charge is -2.15. The number of para-hydroxylation sites is 1. The summed E-state index contributed by atoms with van der Waals surface area (Å²) in [6, 6.07) is 15.0. The van der Waals surface area contributed by atoms with Crippen LogP contribution in [0, 0.1) is 0 Å². The number of aliphatic hydroxyl groups excluding tert-OH is 1. The minimum atomic E-state index is -0.634. The number of carbonyl (C=O) groups excluding carboxylic acids is 1. The second-order valence-corrected chi connectivity index (χ2v) is 5.27. The summed E-state index contributed by atoms with van der Waals surface area (Å²) in [4.78, 5) is 11.0. The number of nitrogens with one attached hydrogen (secondary N) is 2.